The van der Waals surface area contributed by atoms with Crippen LogP contribution in [0, 0.1) is 6.92 Å². The van der Waals surface area contributed by atoms with Crippen molar-refractivity contribution in [2.75, 3.05) is 23.3 Å². The number of carbonyl (C=O) groups excluding carboxylic acids is 1. The summed E-state index contributed by atoms with van der Waals surface area (Å²) in [6, 6.07) is 15.2. The second kappa shape index (κ2) is 9.18. The Labute approximate surface area is 204 Å². The van der Waals surface area contributed by atoms with Crippen molar-refractivity contribution in [3.05, 3.63) is 81.9 Å². The number of carbonyl (C=O) groups is 1. The van der Waals surface area contributed by atoms with Crippen LogP contribution in [-0.4, -0.2) is 33.6 Å². The highest BCUT2D eigenvalue weighted by molar-refractivity contribution is 6.06. The van der Waals surface area contributed by atoms with Crippen molar-refractivity contribution in [1.29, 1.82) is 0 Å². The van der Waals surface area contributed by atoms with Gasteiger partial charge in [-0.3, -0.25) is 14.7 Å². The summed E-state index contributed by atoms with van der Waals surface area (Å²) in [4.78, 5) is 33.1. The summed E-state index contributed by atoms with van der Waals surface area (Å²) >= 11 is 0. The number of anilines is 2. The maximum absolute atomic E-state index is 13.9. The van der Waals surface area contributed by atoms with Gasteiger partial charge in [0, 0.05) is 13.1 Å². The SMILES string of the molecule is Cc1nc2c(-c3ccccc3)c(C(F)(F)F)[nH]n2c(=O)c1C(=O)Nc1ccccc1N1CCCCC1. The zero-order chi connectivity index (χ0) is 25.4. The normalized spacial score (nSPS) is 14.3. The molecule has 1 saturated heterocycles. The minimum atomic E-state index is -4.77. The van der Waals surface area contributed by atoms with Crippen molar-refractivity contribution in [1.82, 2.24) is 14.6 Å². The van der Waals surface area contributed by atoms with Crippen LogP contribution in [-0.2, 0) is 6.18 Å². The standard InChI is InChI=1S/C26H24F3N5O2/c1-16-20(24(35)31-18-12-6-7-13-19(18)33-14-8-3-9-15-33)25(36)34-23(30-16)21(17-10-4-2-5-11-17)22(32-34)26(27,28)29/h2,4-7,10-13,32H,3,8-9,14-15H2,1H3,(H,31,35). The van der Waals surface area contributed by atoms with Crippen molar-refractivity contribution in [2.24, 2.45) is 0 Å². The predicted molar refractivity (Wildman–Crippen MR) is 131 cm³/mol. The Morgan fingerprint density at radius 1 is 1.00 bits per heavy atom. The van der Waals surface area contributed by atoms with Crippen LogP contribution in [0.2, 0.25) is 0 Å². The number of nitrogens with one attached hydrogen (secondary N) is 2. The van der Waals surface area contributed by atoms with E-state index in [1.807, 2.05) is 12.1 Å². The first-order valence-corrected chi connectivity index (χ1v) is 11.7. The van der Waals surface area contributed by atoms with E-state index in [1.54, 1.807) is 30.3 Å². The summed E-state index contributed by atoms with van der Waals surface area (Å²) in [7, 11) is 0. The second-order valence-corrected chi connectivity index (χ2v) is 8.78. The van der Waals surface area contributed by atoms with Crippen molar-refractivity contribution >= 4 is 22.9 Å². The lowest BCUT2D eigenvalue weighted by Crippen LogP contribution is -2.32. The maximum Gasteiger partial charge on any atom is 0.433 e. The van der Waals surface area contributed by atoms with E-state index in [0.29, 0.717) is 10.2 Å². The third-order valence-electron chi connectivity index (χ3n) is 6.38. The summed E-state index contributed by atoms with van der Waals surface area (Å²) in [6.45, 7) is 3.15. The topological polar surface area (TPSA) is 82.5 Å². The zero-order valence-electron chi connectivity index (χ0n) is 19.5. The number of halogens is 3. The number of nitrogens with zero attached hydrogens (tertiary/aromatic N) is 3. The largest absolute Gasteiger partial charge is 0.433 e. The molecule has 2 N–H and O–H groups in total. The molecule has 0 atom stereocenters. The monoisotopic (exact) mass is 495 g/mol. The lowest BCUT2D eigenvalue weighted by Gasteiger charge is -2.30. The van der Waals surface area contributed by atoms with E-state index in [2.05, 4.69) is 20.3 Å². The first-order chi connectivity index (χ1) is 17.3. The van der Waals surface area contributed by atoms with Crippen LogP contribution < -0.4 is 15.8 Å². The number of aromatic nitrogens is 3. The average molecular weight is 496 g/mol. The molecule has 36 heavy (non-hydrogen) atoms. The molecule has 5 rings (SSSR count). The molecule has 1 aliphatic heterocycles. The summed E-state index contributed by atoms with van der Waals surface area (Å²) in [5.74, 6) is -0.728. The Morgan fingerprint density at radius 2 is 1.67 bits per heavy atom. The van der Waals surface area contributed by atoms with Gasteiger partial charge in [-0.05, 0) is 43.9 Å². The van der Waals surface area contributed by atoms with Crippen molar-refractivity contribution in [2.45, 2.75) is 32.4 Å². The van der Waals surface area contributed by atoms with Gasteiger partial charge >= 0.3 is 6.18 Å². The maximum atomic E-state index is 13.9. The number of benzene rings is 2. The minimum absolute atomic E-state index is 0.0397. The highest BCUT2D eigenvalue weighted by atomic mass is 19.4. The Bertz CT molecular complexity index is 1490. The van der Waals surface area contributed by atoms with Crippen molar-refractivity contribution in [3.8, 4) is 11.1 Å². The number of hydrogen-bond donors (Lipinski definition) is 2. The number of aryl methyl sites for hydroxylation is 1. The first-order valence-electron chi connectivity index (χ1n) is 11.7. The van der Waals surface area contributed by atoms with E-state index in [-0.39, 0.29) is 28.0 Å². The number of aromatic amines is 1. The fourth-order valence-corrected chi connectivity index (χ4v) is 4.70. The Morgan fingerprint density at radius 3 is 2.36 bits per heavy atom. The van der Waals surface area contributed by atoms with Gasteiger partial charge in [-0.2, -0.15) is 17.7 Å². The smallest absolute Gasteiger partial charge is 0.370 e. The number of rotatable bonds is 4. The molecule has 1 amide bonds. The average Bonchev–Trinajstić information content (AvgIpc) is 3.26. The molecule has 3 heterocycles. The van der Waals surface area contributed by atoms with Gasteiger partial charge in [-0.1, -0.05) is 42.5 Å². The van der Waals surface area contributed by atoms with Gasteiger partial charge in [0.15, 0.2) is 5.65 Å². The molecule has 1 fully saturated rings. The van der Waals surface area contributed by atoms with Crippen LogP contribution in [0.1, 0.15) is 41.0 Å². The summed E-state index contributed by atoms with van der Waals surface area (Å²) in [5.41, 5.74) is -1.12. The third-order valence-corrected chi connectivity index (χ3v) is 6.38. The number of fused-ring (bicyclic) bond motifs is 1. The van der Waals surface area contributed by atoms with Crippen LogP contribution in [0.5, 0.6) is 0 Å². The quantitative estimate of drug-likeness (QED) is 0.405. The van der Waals surface area contributed by atoms with E-state index in [9.17, 15) is 22.8 Å². The molecule has 0 bridgehead atoms. The van der Waals surface area contributed by atoms with Gasteiger partial charge in [0.1, 0.15) is 11.3 Å². The molecule has 2 aromatic carbocycles. The molecule has 0 unspecified atom stereocenters. The highest BCUT2D eigenvalue weighted by Gasteiger charge is 2.38. The lowest BCUT2D eigenvalue weighted by molar-refractivity contribution is -0.140. The molecule has 2 aromatic heterocycles. The first kappa shape index (κ1) is 23.7. The van der Waals surface area contributed by atoms with E-state index in [0.717, 1.165) is 38.0 Å². The second-order valence-electron chi connectivity index (χ2n) is 8.78. The zero-order valence-corrected chi connectivity index (χ0v) is 19.5. The van der Waals surface area contributed by atoms with Gasteiger partial charge in [0.25, 0.3) is 11.5 Å². The lowest BCUT2D eigenvalue weighted by atomic mass is 10.1. The Kier molecular flexibility index (Phi) is 6.03. The van der Waals surface area contributed by atoms with E-state index in [1.165, 1.54) is 19.1 Å². The van der Waals surface area contributed by atoms with Gasteiger partial charge in [-0.25, -0.2) is 4.98 Å². The summed E-state index contributed by atoms with van der Waals surface area (Å²) in [5, 5.41) is 4.93. The van der Waals surface area contributed by atoms with Crippen LogP contribution in [0.15, 0.2) is 59.4 Å². The fraction of sp³-hybridized carbons (Fsp3) is 0.269. The van der Waals surface area contributed by atoms with E-state index in [4.69, 9.17) is 0 Å². The molecular weight excluding hydrogens is 471 g/mol. The molecule has 1 aliphatic rings. The van der Waals surface area contributed by atoms with Gasteiger partial charge in [-0.15, -0.1) is 0 Å². The van der Waals surface area contributed by atoms with Gasteiger partial charge < -0.3 is 10.2 Å². The van der Waals surface area contributed by atoms with Crippen LogP contribution in [0.3, 0.4) is 0 Å². The van der Waals surface area contributed by atoms with Crippen LogP contribution in [0.25, 0.3) is 16.8 Å². The Hall–Kier alpha value is -4.08. The Balaban J connectivity index is 1.60. The molecule has 0 aliphatic carbocycles. The number of para-hydroxylation sites is 2. The summed E-state index contributed by atoms with van der Waals surface area (Å²) < 4.78 is 42.4. The van der Waals surface area contributed by atoms with Crippen molar-refractivity contribution < 1.29 is 18.0 Å². The van der Waals surface area contributed by atoms with Crippen LogP contribution >= 0.6 is 0 Å². The van der Waals surface area contributed by atoms with Crippen molar-refractivity contribution in [3.63, 3.8) is 0 Å². The molecule has 4 aromatic rings. The molecule has 186 valence electrons. The predicted octanol–water partition coefficient (Wildman–Crippen LogP) is 5.26. The van der Waals surface area contributed by atoms with Gasteiger partial charge in [0.05, 0.1) is 22.6 Å². The molecular formula is C26H24F3N5O2. The molecule has 0 radical (unpaired) electrons. The molecule has 10 heteroatoms. The molecule has 0 spiro atoms. The number of alkyl halides is 3. The number of piperidine rings is 1. The third kappa shape index (κ3) is 4.23. The molecule has 7 nitrogen and oxygen atoms in total. The highest BCUT2D eigenvalue weighted by Crippen LogP contribution is 2.38. The number of H-pyrrole nitrogens is 1. The number of amides is 1. The summed E-state index contributed by atoms with van der Waals surface area (Å²) in [6.07, 6.45) is -1.54. The van der Waals surface area contributed by atoms with E-state index >= 15 is 0 Å². The number of hydrogen-bond acceptors (Lipinski definition) is 4. The van der Waals surface area contributed by atoms with E-state index < -0.39 is 23.3 Å². The van der Waals surface area contributed by atoms with Crippen LogP contribution in [0.4, 0.5) is 24.5 Å². The van der Waals surface area contributed by atoms with Gasteiger partial charge in [0.2, 0.25) is 0 Å². The fourth-order valence-electron chi connectivity index (χ4n) is 4.70. The minimum Gasteiger partial charge on any atom is -0.370 e. The molecule has 0 saturated carbocycles.